The summed E-state index contributed by atoms with van der Waals surface area (Å²) in [6.07, 6.45) is 2.15. The van der Waals surface area contributed by atoms with Crippen LogP contribution in [0.2, 0.25) is 0 Å². The highest BCUT2D eigenvalue weighted by Crippen LogP contribution is 2.18. The predicted molar refractivity (Wildman–Crippen MR) is 61.9 cm³/mol. The topological polar surface area (TPSA) is 82.5 Å². The molecule has 0 aromatic carbocycles. The first-order valence-corrected chi connectivity index (χ1v) is 6.74. The van der Waals surface area contributed by atoms with Crippen LogP contribution in [0.25, 0.3) is 0 Å². The lowest BCUT2D eigenvalue weighted by Crippen LogP contribution is -2.44. The van der Waals surface area contributed by atoms with Gasteiger partial charge >= 0.3 is 0 Å². The molecule has 1 aliphatic heterocycles. The molecule has 7 heteroatoms. The number of pyridine rings is 1. The molecule has 0 spiro atoms. The number of nitrogens with zero attached hydrogens (tertiary/aromatic N) is 2. The van der Waals surface area contributed by atoms with Crippen molar-refractivity contribution in [3.63, 3.8) is 0 Å². The number of hydrogen-bond acceptors (Lipinski definition) is 5. The van der Waals surface area contributed by atoms with Gasteiger partial charge in [0.25, 0.3) is 0 Å². The second-order valence-electron chi connectivity index (χ2n) is 4.00. The normalized spacial score (nSPS) is 25.4. The van der Waals surface area contributed by atoms with Crippen LogP contribution in [0.4, 0.5) is 0 Å². The van der Waals surface area contributed by atoms with Gasteiger partial charge in [-0.2, -0.15) is 4.31 Å². The second-order valence-corrected chi connectivity index (χ2v) is 6.00. The van der Waals surface area contributed by atoms with Gasteiger partial charge in [-0.25, -0.2) is 8.42 Å². The van der Waals surface area contributed by atoms with Crippen LogP contribution in [-0.4, -0.2) is 55.1 Å². The molecule has 0 saturated carbocycles. The smallest absolute Gasteiger partial charge is 0.244 e. The van der Waals surface area contributed by atoms with Crippen molar-refractivity contribution in [2.75, 3.05) is 20.1 Å². The van der Waals surface area contributed by atoms with Crippen LogP contribution >= 0.6 is 0 Å². The van der Waals surface area contributed by atoms with Crippen molar-refractivity contribution in [1.29, 1.82) is 0 Å². The van der Waals surface area contributed by atoms with E-state index < -0.39 is 22.2 Å². The molecule has 0 bridgehead atoms. The fraction of sp³-hybridized carbons (Fsp3) is 0.500. The Labute approximate surface area is 100 Å². The number of rotatable bonds is 3. The zero-order valence-electron chi connectivity index (χ0n) is 9.44. The van der Waals surface area contributed by atoms with Gasteiger partial charge in [-0.05, 0) is 12.1 Å². The molecule has 1 saturated heterocycles. The number of aromatic nitrogens is 1. The third-order valence-corrected chi connectivity index (χ3v) is 4.80. The molecule has 0 radical (unpaired) electrons. The third kappa shape index (κ3) is 2.32. The van der Waals surface area contributed by atoms with Crippen molar-refractivity contribution in [1.82, 2.24) is 14.6 Å². The summed E-state index contributed by atoms with van der Waals surface area (Å²) in [6.45, 7) is 0.870. The first-order valence-electron chi connectivity index (χ1n) is 5.30. The molecule has 0 amide bonds. The third-order valence-electron chi connectivity index (χ3n) is 2.93. The molecule has 0 unspecified atom stereocenters. The minimum absolute atomic E-state index is 0.140. The van der Waals surface area contributed by atoms with Crippen LogP contribution in [-0.2, 0) is 10.0 Å². The molecular weight excluding hydrogens is 242 g/mol. The molecule has 0 aliphatic carbocycles. The van der Waals surface area contributed by atoms with Crippen LogP contribution < -0.4 is 5.32 Å². The number of sulfonamides is 1. The summed E-state index contributed by atoms with van der Waals surface area (Å²) >= 11 is 0. The first-order chi connectivity index (χ1) is 8.03. The average molecular weight is 257 g/mol. The van der Waals surface area contributed by atoms with Gasteiger partial charge in [-0.15, -0.1) is 0 Å². The zero-order chi connectivity index (χ0) is 12.5. The quantitative estimate of drug-likeness (QED) is 0.728. The average Bonchev–Trinajstić information content (AvgIpc) is 2.75. The summed E-state index contributed by atoms with van der Waals surface area (Å²) in [5.74, 6) is 0. The van der Waals surface area contributed by atoms with Gasteiger partial charge in [-0.1, -0.05) is 0 Å². The summed E-state index contributed by atoms with van der Waals surface area (Å²) in [4.78, 5) is 3.94. The van der Waals surface area contributed by atoms with Gasteiger partial charge in [-0.3, -0.25) is 4.98 Å². The van der Waals surface area contributed by atoms with E-state index in [1.165, 1.54) is 29.8 Å². The highest BCUT2D eigenvalue weighted by Gasteiger charge is 2.35. The fourth-order valence-electron chi connectivity index (χ4n) is 1.87. The molecule has 2 atom stereocenters. The number of aliphatic hydroxyl groups is 1. The zero-order valence-corrected chi connectivity index (χ0v) is 10.3. The summed E-state index contributed by atoms with van der Waals surface area (Å²) in [5, 5.41) is 12.6. The Morgan fingerprint density at radius 3 is 2.82 bits per heavy atom. The van der Waals surface area contributed by atoms with Crippen molar-refractivity contribution >= 4 is 10.0 Å². The van der Waals surface area contributed by atoms with Gasteiger partial charge in [0.1, 0.15) is 4.90 Å². The molecule has 94 valence electrons. The van der Waals surface area contributed by atoms with E-state index in [0.29, 0.717) is 13.1 Å². The van der Waals surface area contributed by atoms with Gasteiger partial charge in [0.2, 0.25) is 10.0 Å². The van der Waals surface area contributed by atoms with Crippen molar-refractivity contribution in [2.45, 2.75) is 17.0 Å². The molecule has 1 fully saturated rings. The Bertz CT molecular complexity index is 477. The van der Waals surface area contributed by atoms with Crippen LogP contribution in [0, 0.1) is 0 Å². The molecule has 1 aromatic rings. The van der Waals surface area contributed by atoms with E-state index in [2.05, 4.69) is 10.3 Å². The van der Waals surface area contributed by atoms with Gasteiger partial charge in [0, 0.05) is 32.5 Å². The van der Waals surface area contributed by atoms with E-state index in [9.17, 15) is 13.5 Å². The molecule has 1 aromatic heterocycles. The highest BCUT2D eigenvalue weighted by molar-refractivity contribution is 7.89. The number of aliphatic hydroxyl groups excluding tert-OH is 1. The highest BCUT2D eigenvalue weighted by atomic mass is 32.2. The van der Waals surface area contributed by atoms with E-state index in [-0.39, 0.29) is 4.90 Å². The van der Waals surface area contributed by atoms with Crippen molar-refractivity contribution in [3.8, 4) is 0 Å². The molecular formula is C10H15N3O3S. The number of nitrogens with one attached hydrogen (secondary N) is 1. The molecule has 2 N–H and O–H groups in total. The van der Waals surface area contributed by atoms with E-state index in [1.807, 2.05) is 0 Å². The first kappa shape index (κ1) is 12.4. The van der Waals surface area contributed by atoms with Gasteiger partial charge in [0.15, 0.2) is 0 Å². The van der Waals surface area contributed by atoms with E-state index in [4.69, 9.17) is 0 Å². The molecule has 1 aliphatic rings. The molecule has 17 heavy (non-hydrogen) atoms. The lowest BCUT2D eigenvalue weighted by Gasteiger charge is -2.25. The number of β-amino-alcohol motifs (C(OH)–C–C–N with tert-alkyl or cyclic N) is 1. The van der Waals surface area contributed by atoms with Crippen LogP contribution in [0.5, 0.6) is 0 Å². The largest absolute Gasteiger partial charge is 0.390 e. The Hall–Kier alpha value is -1.02. The Morgan fingerprint density at radius 2 is 2.29 bits per heavy atom. The summed E-state index contributed by atoms with van der Waals surface area (Å²) in [6, 6.07) is 2.64. The SMILES string of the molecule is CN([C@@H]1CNC[C@H]1O)S(=O)(=O)c1cccnc1. The lowest BCUT2D eigenvalue weighted by molar-refractivity contribution is 0.136. The van der Waals surface area contributed by atoms with Crippen LogP contribution in [0.3, 0.4) is 0 Å². The Morgan fingerprint density at radius 1 is 1.53 bits per heavy atom. The number of likely N-dealkylation sites (N-methyl/N-ethyl adjacent to an activating group) is 1. The van der Waals surface area contributed by atoms with E-state index in [0.717, 1.165) is 0 Å². The summed E-state index contributed by atoms with van der Waals surface area (Å²) in [5.41, 5.74) is 0. The Balaban J connectivity index is 2.27. The molecule has 2 rings (SSSR count). The van der Waals surface area contributed by atoms with Crippen LogP contribution in [0.1, 0.15) is 0 Å². The van der Waals surface area contributed by atoms with Crippen molar-refractivity contribution in [3.05, 3.63) is 24.5 Å². The number of hydrogen-bond donors (Lipinski definition) is 2. The van der Waals surface area contributed by atoms with Crippen molar-refractivity contribution < 1.29 is 13.5 Å². The maximum absolute atomic E-state index is 12.2. The Kier molecular flexibility index (Phi) is 3.43. The minimum Gasteiger partial charge on any atom is -0.390 e. The predicted octanol–water partition coefficient (Wildman–Crippen LogP) is -0.965. The lowest BCUT2D eigenvalue weighted by atomic mass is 10.2. The minimum atomic E-state index is -3.58. The second kappa shape index (κ2) is 4.69. The van der Waals surface area contributed by atoms with E-state index in [1.54, 1.807) is 6.07 Å². The molecule has 6 nitrogen and oxygen atoms in total. The standard InChI is InChI=1S/C10H15N3O3S/c1-13(9-6-12-7-10(9)14)17(15,16)8-3-2-4-11-5-8/h2-5,9-10,12,14H,6-7H2,1H3/t9-,10-/m1/s1. The van der Waals surface area contributed by atoms with Crippen molar-refractivity contribution in [2.24, 2.45) is 0 Å². The van der Waals surface area contributed by atoms with Crippen LogP contribution in [0.15, 0.2) is 29.4 Å². The monoisotopic (exact) mass is 257 g/mol. The maximum Gasteiger partial charge on any atom is 0.244 e. The van der Waals surface area contributed by atoms with E-state index >= 15 is 0 Å². The van der Waals surface area contributed by atoms with Gasteiger partial charge in [0.05, 0.1) is 12.1 Å². The summed E-state index contributed by atoms with van der Waals surface area (Å²) < 4.78 is 25.6. The summed E-state index contributed by atoms with van der Waals surface area (Å²) in [7, 11) is -2.11. The van der Waals surface area contributed by atoms with Gasteiger partial charge < -0.3 is 10.4 Å². The fourth-order valence-corrected chi connectivity index (χ4v) is 3.21. The maximum atomic E-state index is 12.2. The molecule has 2 heterocycles.